The van der Waals surface area contributed by atoms with Crippen LogP contribution in [0.1, 0.15) is 16.5 Å². The number of nitrogens with one attached hydrogen (secondary N) is 1. The molecular weight excluding hydrogens is 344 g/mol. The molecule has 1 aromatic carbocycles. The zero-order valence-electron chi connectivity index (χ0n) is 13.1. The van der Waals surface area contributed by atoms with E-state index in [0.717, 1.165) is 27.7 Å². The minimum Gasteiger partial charge on any atom is -0.496 e. The van der Waals surface area contributed by atoms with E-state index in [0.29, 0.717) is 5.75 Å². The van der Waals surface area contributed by atoms with Crippen LogP contribution in [-0.2, 0) is 10.5 Å². The van der Waals surface area contributed by atoms with E-state index in [2.05, 4.69) is 16.4 Å². The summed E-state index contributed by atoms with van der Waals surface area (Å²) in [5.41, 5.74) is 2.15. The molecule has 2 aromatic rings. The maximum Gasteiger partial charge on any atom is 0.321 e. The lowest BCUT2D eigenvalue weighted by Gasteiger charge is -2.15. The third kappa shape index (κ3) is 4.03. The Morgan fingerprint density at radius 3 is 3.00 bits per heavy atom. The second-order valence-electron chi connectivity index (χ2n) is 5.30. The van der Waals surface area contributed by atoms with Gasteiger partial charge in [0, 0.05) is 23.3 Å². The van der Waals surface area contributed by atoms with Crippen LogP contribution >= 0.6 is 23.5 Å². The van der Waals surface area contributed by atoms with Crippen molar-refractivity contribution in [2.24, 2.45) is 0 Å². The molecule has 2 heterocycles. The van der Waals surface area contributed by atoms with Gasteiger partial charge in [0.25, 0.3) is 0 Å². The number of pyridine rings is 1. The molecule has 0 aliphatic carbocycles. The average molecular weight is 362 g/mol. The van der Waals surface area contributed by atoms with Gasteiger partial charge in [0.2, 0.25) is 0 Å². The summed E-state index contributed by atoms with van der Waals surface area (Å²) in [6, 6.07) is 11.4. The van der Waals surface area contributed by atoms with Crippen molar-refractivity contribution in [3.63, 3.8) is 0 Å². The molecule has 0 saturated carbocycles. The number of hydrogen-bond acceptors (Lipinski definition) is 6. The third-order valence-corrected chi connectivity index (χ3v) is 5.96. The molecule has 0 bridgehead atoms. The van der Waals surface area contributed by atoms with Crippen molar-refractivity contribution in [1.82, 2.24) is 10.3 Å². The molecule has 0 radical (unpaired) electrons. The monoisotopic (exact) mass is 362 g/mol. The van der Waals surface area contributed by atoms with Crippen LogP contribution in [0.2, 0.25) is 0 Å². The summed E-state index contributed by atoms with van der Waals surface area (Å²) in [7, 11) is 1.66. The lowest BCUT2D eigenvalue weighted by atomic mass is 10.1. The van der Waals surface area contributed by atoms with Crippen LogP contribution in [0.15, 0.2) is 47.6 Å². The second-order valence-corrected chi connectivity index (χ2v) is 7.43. The topological polar surface area (TPSA) is 71.5 Å². The molecule has 7 heteroatoms. The van der Waals surface area contributed by atoms with E-state index in [4.69, 9.17) is 9.84 Å². The maximum absolute atomic E-state index is 11.1. The number of nitrogens with zero attached hydrogens (tertiary/aromatic N) is 1. The van der Waals surface area contributed by atoms with Gasteiger partial charge in [-0.05, 0) is 29.8 Å². The molecule has 0 unspecified atom stereocenters. The van der Waals surface area contributed by atoms with Gasteiger partial charge in [-0.15, -0.1) is 23.5 Å². The van der Waals surface area contributed by atoms with Gasteiger partial charge in [0.15, 0.2) is 0 Å². The largest absolute Gasteiger partial charge is 0.496 e. The molecule has 126 valence electrons. The molecule has 1 aromatic heterocycles. The van der Waals surface area contributed by atoms with E-state index in [1.54, 1.807) is 36.8 Å². The quantitative estimate of drug-likeness (QED) is 0.765. The molecule has 2 atom stereocenters. The smallest absolute Gasteiger partial charge is 0.321 e. The van der Waals surface area contributed by atoms with E-state index in [9.17, 15) is 4.79 Å². The zero-order valence-corrected chi connectivity index (χ0v) is 14.8. The Morgan fingerprint density at radius 2 is 2.33 bits per heavy atom. The third-order valence-electron chi connectivity index (χ3n) is 3.70. The first-order valence-corrected chi connectivity index (χ1v) is 9.52. The molecule has 1 aliphatic heterocycles. The highest BCUT2D eigenvalue weighted by molar-refractivity contribution is 7.99. The van der Waals surface area contributed by atoms with Gasteiger partial charge in [-0.2, -0.15) is 0 Å². The van der Waals surface area contributed by atoms with Crippen LogP contribution in [0.25, 0.3) is 0 Å². The minimum atomic E-state index is -0.801. The first-order chi connectivity index (χ1) is 11.7. The van der Waals surface area contributed by atoms with E-state index in [1.165, 1.54) is 0 Å². The van der Waals surface area contributed by atoms with Crippen LogP contribution in [0, 0.1) is 0 Å². The normalized spacial score (nSPS) is 20.0. The van der Waals surface area contributed by atoms with Crippen molar-refractivity contribution in [2.75, 3.05) is 12.9 Å². The molecule has 1 aliphatic rings. The highest BCUT2D eigenvalue weighted by Gasteiger charge is 2.30. The fourth-order valence-corrected chi connectivity index (χ4v) is 4.53. The van der Waals surface area contributed by atoms with E-state index in [1.807, 2.05) is 30.3 Å². The van der Waals surface area contributed by atoms with Gasteiger partial charge in [-0.25, -0.2) is 4.98 Å². The summed E-state index contributed by atoms with van der Waals surface area (Å²) in [5, 5.41) is 13.2. The predicted molar refractivity (Wildman–Crippen MR) is 96.6 cm³/mol. The van der Waals surface area contributed by atoms with E-state index in [-0.39, 0.29) is 5.37 Å². The van der Waals surface area contributed by atoms with Gasteiger partial charge in [0.1, 0.15) is 11.8 Å². The molecule has 0 amide bonds. The Kier molecular flexibility index (Phi) is 5.65. The standard InChI is InChI=1S/C17H18N2O3S2/c1-22-14-6-5-11(16-19-13(10-24-16)17(20)21)8-12(14)9-23-15-4-2-3-7-18-15/h2-8,13,16,19H,9-10H2,1H3,(H,20,21)/t13-,16-/m1/s1. The van der Waals surface area contributed by atoms with Gasteiger partial charge >= 0.3 is 5.97 Å². The highest BCUT2D eigenvalue weighted by Crippen LogP contribution is 2.36. The number of aromatic nitrogens is 1. The van der Waals surface area contributed by atoms with E-state index < -0.39 is 12.0 Å². The molecule has 1 saturated heterocycles. The predicted octanol–water partition coefficient (Wildman–Crippen LogP) is 3.17. The van der Waals surface area contributed by atoms with Crippen molar-refractivity contribution in [1.29, 1.82) is 0 Å². The molecular formula is C17H18N2O3S2. The van der Waals surface area contributed by atoms with Crippen molar-refractivity contribution in [3.05, 3.63) is 53.7 Å². The molecule has 5 nitrogen and oxygen atoms in total. The Balaban J connectivity index is 1.74. The van der Waals surface area contributed by atoms with Gasteiger partial charge in [-0.1, -0.05) is 12.1 Å². The first-order valence-electron chi connectivity index (χ1n) is 7.48. The van der Waals surface area contributed by atoms with E-state index >= 15 is 0 Å². The zero-order chi connectivity index (χ0) is 16.9. The molecule has 3 rings (SSSR count). The van der Waals surface area contributed by atoms with Gasteiger partial charge in [-0.3, -0.25) is 10.1 Å². The van der Waals surface area contributed by atoms with Crippen LogP contribution in [-0.4, -0.2) is 35.0 Å². The number of benzene rings is 1. The molecule has 24 heavy (non-hydrogen) atoms. The summed E-state index contributed by atoms with van der Waals surface area (Å²) in [6.45, 7) is 0. The summed E-state index contributed by atoms with van der Waals surface area (Å²) in [5.74, 6) is 1.35. The maximum atomic E-state index is 11.1. The van der Waals surface area contributed by atoms with Crippen LogP contribution in [0.5, 0.6) is 5.75 Å². The van der Waals surface area contributed by atoms with Crippen LogP contribution in [0.4, 0.5) is 0 Å². The van der Waals surface area contributed by atoms with Crippen molar-refractivity contribution in [3.8, 4) is 5.75 Å². The molecule has 0 spiro atoms. The van der Waals surface area contributed by atoms with Crippen LogP contribution in [0.3, 0.4) is 0 Å². The number of carboxylic acid groups (broad SMARTS) is 1. The summed E-state index contributed by atoms with van der Waals surface area (Å²) in [6.07, 6.45) is 1.78. The van der Waals surface area contributed by atoms with Crippen LogP contribution < -0.4 is 10.1 Å². The first kappa shape index (κ1) is 17.1. The number of methoxy groups -OCH3 is 1. The van der Waals surface area contributed by atoms with Crippen molar-refractivity contribution < 1.29 is 14.6 Å². The van der Waals surface area contributed by atoms with Crippen molar-refractivity contribution >= 4 is 29.5 Å². The Hall–Kier alpha value is -1.70. The Morgan fingerprint density at radius 1 is 1.46 bits per heavy atom. The SMILES string of the molecule is COc1ccc([C@@H]2N[C@@H](C(=O)O)CS2)cc1CSc1ccccn1. The average Bonchev–Trinajstić information content (AvgIpc) is 3.11. The lowest BCUT2D eigenvalue weighted by Crippen LogP contribution is -2.33. The Labute approximate surface area is 149 Å². The molecule has 1 fully saturated rings. The lowest BCUT2D eigenvalue weighted by molar-refractivity contribution is -0.138. The number of thioether (sulfide) groups is 2. The van der Waals surface area contributed by atoms with Gasteiger partial charge < -0.3 is 9.84 Å². The van der Waals surface area contributed by atoms with Crippen molar-refractivity contribution in [2.45, 2.75) is 22.2 Å². The summed E-state index contributed by atoms with van der Waals surface area (Å²) >= 11 is 3.26. The molecule has 2 N–H and O–H groups in total. The number of ether oxygens (including phenoxy) is 1. The summed E-state index contributed by atoms with van der Waals surface area (Å²) < 4.78 is 5.46. The number of carboxylic acids is 1. The Bertz CT molecular complexity index is 712. The number of carbonyl (C=O) groups is 1. The summed E-state index contributed by atoms with van der Waals surface area (Å²) in [4.78, 5) is 15.4. The number of hydrogen-bond donors (Lipinski definition) is 2. The second kappa shape index (κ2) is 7.92. The minimum absolute atomic E-state index is 0.00407. The fraction of sp³-hybridized carbons (Fsp3) is 0.294. The highest BCUT2D eigenvalue weighted by atomic mass is 32.2. The number of aliphatic carboxylic acids is 1. The fourth-order valence-electron chi connectivity index (χ4n) is 2.46. The number of rotatable bonds is 6. The van der Waals surface area contributed by atoms with Gasteiger partial charge in [0.05, 0.1) is 17.5 Å².